The van der Waals surface area contributed by atoms with E-state index in [4.69, 9.17) is 11.6 Å². The summed E-state index contributed by atoms with van der Waals surface area (Å²) >= 11 is 8.72. The Morgan fingerprint density at radius 3 is 2.92 bits per heavy atom. The molecule has 0 fully saturated rings. The van der Waals surface area contributed by atoms with Gasteiger partial charge < -0.3 is 0 Å². The molecule has 0 saturated heterocycles. The molecule has 0 saturated carbocycles. The van der Waals surface area contributed by atoms with Crippen molar-refractivity contribution in [1.82, 2.24) is 0 Å². The van der Waals surface area contributed by atoms with Crippen LogP contribution in [0.4, 0.5) is 4.39 Å². The first-order valence-corrected chi connectivity index (χ1v) is 4.49. The van der Waals surface area contributed by atoms with Crippen LogP contribution in [0.25, 0.3) is 0 Å². The van der Waals surface area contributed by atoms with Gasteiger partial charge in [0.15, 0.2) is 0 Å². The molecular formula is C8H4BrClFNO. The SMILES string of the molecule is O=C=NCc1cc(Br)cc(F)c1Cl. The molecule has 1 aromatic rings. The molecule has 0 bridgehead atoms. The number of hydrogen-bond donors (Lipinski definition) is 0. The molecule has 5 heteroatoms. The molecule has 68 valence electrons. The van der Waals surface area contributed by atoms with Crippen LogP contribution in [0.5, 0.6) is 0 Å². The number of halogens is 3. The lowest BCUT2D eigenvalue weighted by atomic mass is 10.2. The summed E-state index contributed by atoms with van der Waals surface area (Å²) in [5, 5.41) is -0.0119. The Hall–Kier alpha value is -0.700. The molecule has 0 radical (unpaired) electrons. The average molecular weight is 264 g/mol. The van der Waals surface area contributed by atoms with Crippen LogP contribution < -0.4 is 0 Å². The summed E-state index contributed by atoms with van der Waals surface area (Å²) in [6.07, 6.45) is 1.36. The first kappa shape index (κ1) is 10.4. The number of isocyanates is 1. The van der Waals surface area contributed by atoms with Gasteiger partial charge in [0.05, 0.1) is 11.6 Å². The van der Waals surface area contributed by atoms with Crippen molar-refractivity contribution >= 4 is 33.6 Å². The zero-order valence-corrected chi connectivity index (χ0v) is 8.69. The van der Waals surface area contributed by atoms with E-state index in [2.05, 4.69) is 20.9 Å². The predicted octanol–water partition coefficient (Wildman–Crippen LogP) is 3.08. The second-order valence-electron chi connectivity index (χ2n) is 2.27. The zero-order chi connectivity index (χ0) is 9.84. The van der Waals surface area contributed by atoms with Gasteiger partial charge in [-0.1, -0.05) is 27.5 Å². The van der Waals surface area contributed by atoms with Crippen LogP contribution in [-0.4, -0.2) is 6.08 Å². The normalized spacial score (nSPS) is 9.46. The van der Waals surface area contributed by atoms with Gasteiger partial charge in [0.2, 0.25) is 6.08 Å². The van der Waals surface area contributed by atoms with Crippen LogP contribution in [0, 0.1) is 5.82 Å². The summed E-state index contributed by atoms with van der Waals surface area (Å²) in [4.78, 5) is 13.1. The van der Waals surface area contributed by atoms with Gasteiger partial charge >= 0.3 is 0 Å². The van der Waals surface area contributed by atoms with Gasteiger partial charge in [-0.3, -0.25) is 0 Å². The summed E-state index contributed by atoms with van der Waals surface area (Å²) < 4.78 is 13.5. The van der Waals surface area contributed by atoms with E-state index in [-0.39, 0.29) is 11.6 Å². The number of carbonyl (C=O) groups excluding carboxylic acids is 1. The quantitative estimate of drug-likeness (QED) is 0.458. The highest BCUT2D eigenvalue weighted by molar-refractivity contribution is 9.10. The molecule has 0 heterocycles. The number of nitrogens with zero attached hydrogens (tertiary/aromatic N) is 1. The van der Waals surface area contributed by atoms with Crippen LogP contribution in [0.15, 0.2) is 21.6 Å². The average Bonchev–Trinajstić information content (AvgIpc) is 2.09. The fraction of sp³-hybridized carbons (Fsp3) is 0.125. The summed E-state index contributed by atoms with van der Waals surface area (Å²) in [5.74, 6) is -0.535. The molecule has 13 heavy (non-hydrogen) atoms. The Bertz CT molecular complexity index is 377. The summed E-state index contributed by atoms with van der Waals surface area (Å²) in [5.41, 5.74) is 0.455. The van der Waals surface area contributed by atoms with Crippen molar-refractivity contribution in [2.24, 2.45) is 4.99 Å². The molecular weight excluding hydrogens is 260 g/mol. The molecule has 2 nitrogen and oxygen atoms in total. The highest BCUT2D eigenvalue weighted by Crippen LogP contribution is 2.25. The minimum Gasteiger partial charge on any atom is -0.211 e. The van der Waals surface area contributed by atoms with Gasteiger partial charge in [-0.2, -0.15) is 0 Å². The summed E-state index contributed by atoms with van der Waals surface area (Å²) in [6.45, 7) is 0.0404. The van der Waals surface area contributed by atoms with E-state index in [9.17, 15) is 9.18 Å². The van der Waals surface area contributed by atoms with Crippen molar-refractivity contribution in [3.05, 3.63) is 33.0 Å². The molecule has 0 amide bonds. The Morgan fingerprint density at radius 2 is 2.31 bits per heavy atom. The second-order valence-corrected chi connectivity index (χ2v) is 3.56. The molecule has 0 aliphatic heterocycles. The lowest BCUT2D eigenvalue weighted by Gasteiger charge is -2.01. The molecule has 0 aliphatic rings. The predicted molar refractivity (Wildman–Crippen MR) is 50.9 cm³/mol. The first-order valence-electron chi connectivity index (χ1n) is 3.32. The Morgan fingerprint density at radius 1 is 1.62 bits per heavy atom. The molecule has 0 aromatic heterocycles. The third-order valence-electron chi connectivity index (χ3n) is 1.38. The van der Waals surface area contributed by atoms with Crippen molar-refractivity contribution < 1.29 is 9.18 Å². The third-order valence-corrected chi connectivity index (χ3v) is 2.26. The summed E-state index contributed by atoms with van der Waals surface area (Å²) in [7, 11) is 0. The first-order chi connectivity index (χ1) is 6.15. The molecule has 0 aliphatic carbocycles. The fourth-order valence-corrected chi connectivity index (χ4v) is 1.49. The highest BCUT2D eigenvalue weighted by atomic mass is 79.9. The van der Waals surface area contributed by atoms with Gasteiger partial charge in [-0.15, -0.1) is 0 Å². The monoisotopic (exact) mass is 263 g/mol. The summed E-state index contributed by atoms with van der Waals surface area (Å²) in [6, 6.07) is 2.85. The molecule has 0 atom stereocenters. The van der Waals surface area contributed by atoms with Gasteiger partial charge in [-0.05, 0) is 17.7 Å². The Balaban J connectivity index is 3.12. The number of aliphatic imine (C=N–C) groups is 1. The number of benzene rings is 1. The Kier molecular flexibility index (Phi) is 3.60. The van der Waals surface area contributed by atoms with Crippen LogP contribution >= 0.6 is 27.5 Å². The lowest BCUT2D eigenvalue weighted by Crippen LogP contribution is -1.87. The van der Waals surface area contributed by atoms with E-state index in [0.717, 1.165) is 0 Å². The second kappa shape index (κ2) is 4.51. The van der Waals surface area contributed by atoms with E-state index < -0.39 is 5.82 Å². The maximum atomic E-state index is 13.0. The molecule has 0 spiro atoms. The zero-order valence-electron chi connectivity index (χ0n) is 6.35. The van der Waals surface area contributed by atoms with E-state index in [1.165, 1.54) is 12.1 Å². The van der Waals surface area contributed by atoms with Crippen LogP contribution in [-0.2, 0) is 11.3 Å². The maximum Gasteiger partial charge on any atom is 0.235 e. The van der Waals surface area contributed by atoms with Crippen LogP contribution in [0.2, 0.25) is 5.02 Å². The number of hydrogen-bond acceptors (Lipinski definition) is 2. The van der Waals surface area contributed by atoms with Crippen molar-refractivity contribution in [1.29, 1.82) is 0 Å². The molecule has 0 N–H and O–H groups in total. The minimum atomic E-state index is -0.535. The number of rotatable bonds is 2. The van der Waals surface area contributed by atoms with Gasteiger partial charge in [0.25, 0.3) is 0 Å². The van der Waals surface area contributed by atoms with Crippen molar-refractivity contribution in [3.8, 4) is 0 Å². The van der Waals surface area contributed by atoms with Crippen molar-refractivity contribution in [2.45, 2.75) is 6.54 Å². The van der Waals surface area contributed by atoms with Crippen LogP contribution in [0.1, 0.15) is 5.56 Å². The van der Waals surface area contributed by atoms with Crippen molar-refractivity contribution in [2.75, 3.05) is 0 Å². The van der Waals surface area contributed by atoms with Gasteiger partial charge in [0.1, 0.15) is 5.82 Å². The molecule has 1 aromatic carbocycles. The minimum absolute atomic E-state index is 0.0119. The highest BCUT2D eigenvalue weighted by Gasteiger charge is 2.07. The Labute approximate surface area is 87.6 Å². The van der Waals surface area contributed by atoms with E-state index in [1.807, 2.05) is 0 Å². The molecule has 1 rings (SSSR count). The molecule has 0 unspecified atom stereocenters. The van der Waals surface area contributed by atoms with E-state index in [1.54, 1.807) is 6.07 Å². The fourth-order valence-electron chi connectivity index (χ4n) is 0.842. The topological polar surface area (TPSA) is 29.4 Å². The standard InChI is InChI=1S/C8H4BrClFNO/c9-6-1-5(3-12-4-13)8(10)7(11)2-6/h1-2H,3H2. The van der Waals surface area contributed by atoms with E-state index in [0.29, 0.717) is 10.0 Å². The van der Waals surface area contributed by atoms with Crippen LogP contribution in [0.3, 0.4) is 0 Å². The maximum absolute atomic E-state index is 13.0. The lowest BCUT2D eigenvalue weighted by molar-refractivity contribution is 0.562. The van der Waals surface area contributed by atoms with E-state index >= 15 is 0 Å². The smallest absolute Gasteiger partial charge is 0.211 e. The van der Waals surface area contributed by atoms with Gasteiger partial charge in [-0.25, -0.2) is 14.2 Å². The van der Waals surface area contributed by atoms with Gasteiger partial charge in [0, 0.05) is 4.47 Å². The third kappa shape index (κ3) is 2.62. The van der Waals surface area contributed by atoms with Crippen molar-refractivity contribution in [3.63, 3.8) is 0 Å². The largest absolute Gasteiger partial charge is 0.235 e.